The summed E-state index contributed by atoms with van der Waals surface area (Å²) in [4.78, 5) is 11.8. The highest BCUT2D eigenvalue weighted by Gasteiger charge is 2.02. The molecule has 0 radical (unpaired) electrons. The second-order valence-electron chi connectivity index (χ2n) is 4.23. The summed E-state index contributed by atoms with van der Waals surface area (Å²) in [6, 6.07) is 7.21. The van der Waals surface area contributed by atoms with Crippen molar-refractivity contribution in [1.29, 1.82) is 0 Å². The minimum atomic E-state index is -0.214. The van der Waals surface area contributed by atoms with Crippen molar-refractivity contribution in [3.05, 3.63) is 65.5 Å². The maximum absolute atomic E-state index is 11.8. The average Bonchev–Trinajstić information content (AvgIpc) is 2.93. The lowest BCUT2D eigenvalue weighted by atomic mass is 10.2. The van der Waals surface area contributed by atoms with Crippen LogP contribution >= 0.6 is 12.2 Å². The zero-order valence-electron chi connectivity index (χ0n) is 11.9. The van der Waals surface area contributed by atoms with Crippen LogP contribution in [-0.2, 0) is 4.79 Å². The van der Waals surface area contributed by atoms with Gasteiger partial charge in [-0.05, 0) is 37.3 Å². The van der Waals surface area contributed by atoms with Gasteiger partial charge in [-0.15, -0.1) is 0 Å². The number of carbonyl (C=O) groups is 1. The molecule has 112 valence electrons. The number of anilines is 1. The molecule has 2 rings (SSSR count). The predicted molar refractivity (Wildman–Crippen MR) is 88.3 cm³/mol. The molecule has 0 unspecified atom stereocenters. The fourth-order valence-corrected chi connectivity index (χ4v) is 1.84. The molecule has 0 spiro atoms. The van der Waals surface area contributed by atoms with Crippen molar-refractivity contribution in [2.24, 2.45) is 0 Å². The molecule has 0 atom stereocenters. The van der Waals surface area contributed by atoms with Gasteiger partial charge in [-0.1, -0.05) is 46.8 Å². The van der Waals surface area contributed by atoms with E-state index in [0.29, 0.717) is 10.5 Å². The first kappa shape index (κ1) is 15.6. The standard InChI is InChI=1S/C15H15N5OS/c1-2-3-4-5-6-10-14(21)16-12-8-7-9-13(11-12)20-15(22)17-18-19-20/h2-11H,1H3,(H,16,21)(H,17,19,22)/b3-2-,5-4-,10-6+. The number of allylic oxidation sites excluding steroid dienone is 5. The molecule has 0 saturated heterocycles. The number of carbonyl (C=O) groups excluding carboxylic acids is 1. The lowest BCUT2D eigenvalue weighted by Gasteiger charge is -2.05. The zero-order chi connectivity index (χ0) is 15.8. The number of H-pyrrole nitrogens is 1. The topological polar surface area (TPSA) is 75.6 Å². The molecule has 0 aliphatic heterocycles. The van der Waals surface area contributed by atoms with Crippen LogP contribution in [0.25, 0.3) is 5.69 Å². The molecule has 22 heavy (non-hydrogen) atoms. The molecule has 0 aliphatic carbocycles. The number of tetrazole rings is 1. The molecule has 2 N–H and O–H groups in total. The van der Waals surface area contributed by atoms with Crippen molar-refractivity contribution < 1.29 is 4.79 Å². The van der Waals surface area contributed by atoms with Gasteiger partial charge in [0.15, 0.2) is 0 Å². The molecule has 1 amide bonds. The van der Waals surface area contributed by atoms with Gasteiger partial charge in [0.05, 0.1) is 5.69 Å². The normalized spacial score (nSPS) is 11.7. The summed E-state index contributed by atoms with van der Waals surface area (Å²) in [6.07, 6.45) is 10.5. The molecular weight excluding hydrogens is 298 g/mol. The van der Waals surface area contributed by atoms with Crippen LogP contribution in [0.5, 0.6) is 0 Å². The minimum Gasteiger partial charge on any atom is -0.322 e. The lowest BCUT2D eigenvalue weighted by molar-refractivity contribution is -0.111. The van der Waals surface area contributed by atoms with Crippen LogP contribution in [0.1, 0.15) is 6.92 Å². The van der Waals surface area contributed by atoms with E-state index < -0.39 is 0 Å². The predicted octanol–water partition coefficient (Wildman–Crippen LogP) is 2.95. The summed E-state index contributed by atoms with van der Waals surface area (Å²) in [6.45, 7) is 1.93. The lowest BCUT2D eigenvalue weighted by Crippen LogP contribution is -2.08. The SMILES string of the molecule is C\C=C/C=C\C=C\C(=O)Nc1cccc(-n2[nH]nnc2=S)c1. The Balaban J connectivity index is 2.06. The number of amides is 1. The van der Waals surface area contributed by atoms with Crippen molar-refractivity contribution in [2.75, 3.05) is 5.32 Å². The molecular formula is C15H15N5OS. The highest BCUT2D eigenvalue weighted by Crippen LogP contribution is 2.13. The molecule has 1 aromatic carbocycles. The molecule has 1 aromatic heterocycles. The largest absolute Gasteiger partial charge is 0.322 e. The van der Waals surface area contributed by atoms with Crippen molar-refractivity contribution in [2.45, 2.75) is 6.92 Å². The molecule has 1 heterocycles. The highest BCUT2D eigenvalue weighted by molar-refractivity contribution is 7.71. The maximum Gasteiger partial charge on any atom is 0.248 e. The van der Waals surface area contributed by atoms with Crippen molar-refractivity contribution in [3.63, 3.8) is 0 Å². The highest BCUT2D eigenvalue weighted by atomic mass is 32.1. The van der Waals surface area contributed by atoms with Gasteiger partial charge < -0.3 is 5.32 Å². The first-order chi connectivity index (χ1) is 10.7. The fourth-order valence-electron chi connectivity index (χ4n) is 1.65. The first-order valence-corrected chi connectivity index (χ1v) is 6.99. The molecule has 0 fully saturated rings. The number of nitrogens with one attached hydrogen (secondary N) is 2. The van der Waals surface area contributed by atoms with E-state index in [2.05, 4.69) is 20.8 Å². The Morgan fingerprint density at radius 1 is 1.32 bits per heavy atom. The van der Waals surface area contributed by atoms with Gasteiger partial charge >= 0.3 is 0 Å². The van der Waals surface area contributed by atoms with E-state index in [0.717, 1.165) is 5.69 Å². The number of hydrogen-bond acceptors (Lipinski definition) is 4. The monoisotopic (exact) mass is 313 g/mol. The van der Waals surface area contributed by atoms with Gasteiger partial charge in [0.1, 0.15) is 0 Å². The summed E-state index contributed by atoms with van der Waals surface area (Å²) in [5, 5.41) is 12.8. The van der Waals surface area contributed by atoms with E-state index in [1.165, 1.54) is 6.08 Å². The number of aromatic nitrogens is 4. The van der Waals surface area contributed by atoms with E-state index in [9.17, 15) is 4.79 Å². The number of benzene rings is 1. The van der Waals surface area contributed by atoms with Crippen LogP contribution in [0, 0.1) is 4.77 Å². The zero-order valence-corrected chi connectivity index (χ0v) is 12.7. The second kappa shape index (κ2) is 7.84. The van der Waals surface area contributed by atoms with Crippen LogP contribution in [0.3, 0.4) is 0 Å². The van der Waals surface area contributed by atoms with Gasteiger partial charge in [0, 0.05) is 11.8 Å². The van der Waals surface area contributed by atoms with Crippen molar-refractivity contribution in [3.8, 4) is 5.69 Å². The molecule has 0 aliphatic rings. The van der Waals surface area contributed by atoms with E-state index in [-0.39, 0.29) is 5.91 Å². The van der Waals surface area contributed by atoms with Gasteiger partial charge in [-0.3, -0.25) is 4.79 Å². The maximum atomic E-state index is 11.8. The third-order valence-corrected chi connectivity index (χ3v) is 2.88. The Labute approximate surface area is 132 Å². The van der Waals surface area contributed by atoms with E-state index >= 15 is 0 Å². The Hall–Kier alpha value is -2.80. The van der Waals surface area contributed by atoms with E-state index in [4.69, 9.17) is 12.2 Å². The van der Waals surface area contributed by atoms with Crippen molar-refractivity contribution >= 4 is 23.8 Å². The summed E-state index contributed by atoms with van der Waals surface area (Å²) < 4.78 is 1.86. The average molecular weight is 313 g/mol. The third kappa shape index (κ3) is 4.35. The Morgan fingerprint density at radius 3 is 2.86 bits per heavy atom. The number of aromatic amines is 1. The summed E-state index contributed by atoms with van der Waals surface area (Å²) in [7, 11) is 0. The number of hydrogen-bond donors (Lipinski definition) is 2. The van der Waals surface area contributed by atoms with Crippen LogP contribution in [-0.4, -0.2) is 26.1 Å². The Bertz CT molecular complexity index is 785. The minimum absolute atomic E-state index is 0.214. The summed E-state index contributed by atoms with van der Waals surface area (Å²) in [5.41, 5.74) is 1.39. The first-order valence-electron chi connectivity index (χ1n) is 6.58. The quantitative estimate of drug-likeness (QED) is 0.505. The van der Waals surface area contributed by atoms with Gasteiger partial charge in [0.25, 0.3) is 0 Å². The van der Waals surface area contributed by atoms with Gasteiger partial charge in [-0.2, -0.15) is 5.21 Å². The van der Waals surface area contributed by atoms with Crippen LogP contribution in [0.2, 0.25) is 0 Å². The number of nitrogens with zero attached hydrogens (tertiary/aromatic N) is 3. The molecule has 7 heteroatoms. The third-order valence-electron chi connectivity index (χ3n) is 2.62. The second-order valence-corrected chi connectivity index (χ2v) is 4.59. The fraction of sp³-hybridized carbons (Fsp3) is 0.0667. The van der Waals surface area contributed by atoms with E-state index in [1.807, 2.05) is 37.3 Å². The molecule has 0 saturated carbocycles. The van der Waals surface area contributed by atoms with Crippen LogP contribution in [0.15, 0.2) is 60.7 Å². The van der Waals surface area contributed by atoms with E-state index in [1.54, 1.807) is 29.0 Å². The Morgan fingerprint density at radius 2 is 2.14 bits per heavy atom. The summed E-state index contributed by atoms with van der Waals surface area (Å²) in [5.74, 6) is -0.214. The van der Waals surface area contributed by atoms with Crippen LogP contribution in [0.4, 0.5) is 5.69 Å². The molecule has 6 nitrogen and oxygen atoms in total. The van der Waals surface area contributed by atoms with Gasteiger partial charge in [0.2, 0.25) is 10.7 Å². The van der Waals surface area contributed by atoms with Gasteiger partial charge in [-0.25, -0.2) is 4.68 Å². The smallest absolute Gasteiger partial charge is 0.248 e. The van der Waals surface area contributed by atoms with Crippen molar-refractivity contribution in [1.82, 2.24) is 20.2 Å². The molecule has 2 aromatic rings. The summed E-state index contributed by atoms with van der Waals surface area (Å²) >= 11 is 5.04. The number of rotatable bonds is 5. The Kier molecular flexibility index (Phi) is 5.56. The molecule has 0 bridgehead atoms. The van der Waals surface area contributed by atoms with Crippen LogP contribution < -0.4 is 5.32 Å².